The maximum Gasteiger partial charge on any atom is 0.322 e. The van der Waals surface area contributed by atoms with Crippen molar-refractivity contribution in [1.82, 2.24) is 10.2 Å². The molecule has 1 fully saturated rings. The number of nitrogens with zero attached hydrogens (tertiary/aromatic N) is 2. The summed E-state index contributed by atoms with van der Waals surface area (Å²) in [5.41, 5.74) is 1.11. The normalized spacial score (nSPS) is 15.5. The van der Waals surface area contributed by atoms with Crippen LogP contribution in [0.4, 0.5) is 6.01 Å². The number of thioether (sulfide) groups is 1. The average molecular weight is 359 g/mol. The standard InChI is InChI=1S/C19H25N3O2S/c1-13(2)25-16-10-8-14(9-11-16)12-17-21-22-19(24-17)20-18(23)15-6-4-3-5-7-15/h8-11,13,15H,3-7,12H2,1-2H3,(H,20,22,23). The molecule has 1 heterocycles. The maximum absolute atomic E-state index is 12.2. The Kier molecular flexibility index (Phi) is 6.13. The molecule has 1 aromatic carbocycles. The first-order valence-corrected chi connectivity index (χ1v) is 9.87. The van der Waals surface area contributed by atoms with Crippen LogP contribution in [0.2, 0.25) is 0 Å². The first kappa shape index (κ1) is 18.0. The number of nitrogens with one attached hydrogen (secondary N) is 1. The van der Waals surface area contributed by atoms with E-state index in [0.717, 1.165) is 31.2 Å². The fourth-order valence-corrected chi connectivity index (χ4v) is 3.92. The number of hydrogen-bond donors (Lipinski definition) is 1. The molecule has 1 amide bonds. The summed E-state index contributed by atoms with van der Waals surface area (Å²) in [7, 11) is 0. The number of amides is 1. The Hall–Kier alpha value is -1.82. The summed E-state index contributed by atoms with van der Waals surface area (Å²) in [6.07, 6.45) is 5.94. The molecule has 0 radical (unpaired) electrons. The van der Waals surface area contributed by atoms with Crippen LogP contribution < -0.4 is 5.32 Å². The molecular weight excluding hydrogens is 334 g/mol. The number of carbonyl (C=O) groups excluding carboxylic acids is 1. The highest BCUT2D eigenvalue weighted by Crippen LogP contribution is 2.25. The number of rotatable bonds is 6. The third kappa shape index (κ3) is 5.33. The Labute approximate surface area is 153 Å². The minimum absolute atomic E-state index is 0.00460. The zero-order chi connectivity index (χ0) is 17.6. The molecule has 0 saturated heterocycles. The molecule has 3 rings (SSSR count). The Balaban J connectivity index is 1.55. The zero-order valence-electron chi connectivity index (χ0n) is 14.8. The molecular formula is C19H25N3O2S. The molecule has 6 heteroatoms. The highest BCUT2D eigenvalue weighted by Gasteiger charge is 2.22. The van der Waals surface area contributed by atoms with Crippen LogP contribution in [-0.4, -0.2) is 21.4 Å². The summed E-state index contributed by atoms with van der Waals surface area (Å²) in [4.78, 5) is 13.5. The van der Waals surface area contributed by atoms with E-state index in [9.17, 15) is 4.79 Å². The van der Waals surface area contributed by atoms with Crippen LogP contribution in [0.1, 0.15) is 57.4 Å². The van der Waals surface area contributed by atoms with E-state index in [0.29, 0.717) is 17.6 Å². The first-order valence-electron chi connectivity index (χ1n) is 8.99. The summed E-state index contributed by atoms with van der Waals surface area (Å²) >= 11 is 1.84. The molecule has 0 aliphatic heterocycles. The van der Waals surface area contributed by atoms with Crippen LogP contribution >= 0.6 is 11.8 Å². The number of benzene rings is 1. The van der Waals surface area contributed by atoms with E-state index in [4.69, 9.17) is 4.42 Å². The van der Waals surface area contributed by atoms with Gasteiger partial charge >= 0.3 is 6.01 Å². The van der Waals surface area contributed by atoms with Crippen molar-refractivity contribution >= 4 is 23.7 Å². The second-order valence-corrected chi connectivity index (χ2v) is 8.46. The van der Waals surface area contributed by atoms with Crippen molar-refractivity contribution in [2.75, 3.05) is 5.32 Å². The molecule has 0 unspecified atom stereocenters. The number of carbonyl (C=O) groups is 1. The van der Waals surface area contributed by atoms with Crippen LogP contribution in [0.15, 0.2) is 33.6 Å². The predicted molar refractivity (Wildman–Crippen MR) is 99.7 cm³/mol. The Morgan fingerprint density at radius 1 is 1.20 bits per heavy atom. The molecule has 25 heavy (non-hydrogen) atoms. The van der Waals surface area contributed by atoms with Gasteiger partial charge in [0.1, 0.15) is 0 Å². The molecule has 0 bridgehead atoms. The summed E-state index contributed by atoms with van der Waals surface area (Å²) in [5, 5.41) is 11.3. The molecule has 0 atom stereocenters. The number of anilines is 1. The fraction of sp³-hybridized carbons (Fsp3) is 0.526. The van der Waals surface area contributed by atoms with Gasteiger partial charge in [0.2, 0.25) is 11.8 Å². The second-order valence-electron chi connectivity index (χ2n) is 6.81. The van der Waals surface area contributed by atoms with Crippen LogP contribution in [0.25, 0.3) is 0 Å². The maximum atomic E-state index is 12.2. The van der Waals surface area contributed by atoms with Gasteiger partial charge in [0, 0.05) is 16.1 Å². The van der Waals surface area contributed by atoms with E-state index >= 15 is 0 Å². The minimum Gasteiger partial charge on any atom is -0.407 e. The van der Waals surface area contributed by atoms with Crippen LogP contribution in [-0.2, 0) is 11.2 Å². The smallest absolute Gasteiger partial charge is 0.322 e. The van der Waals surface area contributed by atoms with Crippen molar-refractivity contribution in [1.29, 1.82) is 0 Å². The average Bonchev–Trinajstić information content (AvgIpc) is 3.04. The van der Waals surface area contributed by atoms with Gasteiger partial charge in [0.25, 0.3) is 0 Å². The van der Waals surface area contributed by atoms with Crippen molar-refractivity contribution in [3.63, 3.8) is 0 Å². The third-order valence-corrected chi connectivity index (χ3v) is 5.34. The van der Waals surface area contributed by atoms with Crippen molar-refractivity contribution in [2.24, 2.45) is 5.92 Å². The molecule has 1 aromatic heterocycles. The Morgan fingerprint density at radius 2 is 1.92 bits per heavy atom. The van der Waals surface area contributed by atoms with Crippen LogP contribution in [0, 0.1) is 5.92 Å². The lowest BCUT2D eigenvalue weighted by atomic mass is 9.89. The van der Waals surface area contributed by atoms with E-state index in [-0.39, 0.29) is 17.8 Å². The van der Waals surface area contributed by atoms with E-state index in [2.05, 4.69) is 53.6 Å². The zero-order valence-corrected chi connectivity index (χ0v) is 15.6. The van der Waals surface area contributed by atoms with Gasteiger partial charge in [-0.05, 0) is 30.5 Å². The second kappa shape index (κ2) is 8.52. The highest BCUT2D eigenvalue weighted by atomic mass is 32.2. The summed E-state index contributed by atoms with van der Waals surface area (Å²) in [6.45, 7) is 4.36. The Morgan fingerprint density at radius 3 is 2.60 bits per heavy atom. The lowest BCUT2D eigenvalue weighted by Gasteiger charge is -2.19. The van der Waals surface area contributed by atoms with Gasteiger partial charge in [-0.3, -0.25) is 10.1 Å². The van der Waals surface area contributed by atoms with Gasteiger partial charge in [-0.25, -0.2) is 0 Å². The van der Waals surface area contributed by atoms with Crippen LogP contribution in [0.5, 0.6) is 0 Å². The van der Waals surface area contributed by atoms with Gasteiger partial charge in [0.05, 0.1) is 6.42 Å². The Bertz CT molecular complexity index is 691. The predicted octanol–water partition coefficient (Wildman–Crippen LogP) is 4.68. The lowest BCUT2D eigenvalue weighted by Crippen LogP contribution is -2.24. The highest BCUT2D eigenvalue weighted by molar-refractivity contribution is 7.99. The molecule has 1 saturated carbocycles. The molecule has 2 aromatic rings. The third-order valence-electron chi connectivity index (χ3n) is 4.32. The molecule has 1 aliphatic carbocycles. The summed E-state index contributed by atoms with van der Waals surface area (Å²) in [5.74, 6) is 0.600. The van der Waals surface area contributed by atoms with Crippen LogP contribution in [0.3, 0.4) is 0 Å². The first-order chi connectivity index (χ1) is 12.1. The van der Waals surface area contributed by atoms with Gasteiger partial charge in [-0.1, -0.05) is 50.3 Å². The quantitative estimate of drug-likeness (QED) is 0.759. The van der Waals surface area contributed by atoms with Gasteiger partial charge in [-0.15, -0.1) is 16.9 Å². The molecule has 5 nitrogen and oxygen atoms in total. The lowest BCUT2D eigenvalue weighted by molar-refractivity contribution is -0.120. The minimum atomic E-state index is 0.00460. The number of hydrogen-bond acceptors (Lipinski definition) is 5. The summed E-state index contributed by atoms with van der Waals surface area (Å²) in [6, 6.07) is 8.59. The van der Waals surface area contributed by atoms with E-state index in [1.54, 1.807) is 0 Å². The van der Waals surface area contributed by atoms with E-state index in [1.165, 1.54) is 11.3 Å². The van der Waals surface area contributed by atoms with Gasteiger partial charge in [0.15, 0.2) is 0 Å². The van der Waals surface area contributed by atoms with Gasteiger partial charge < -0.3 is 4.42 Å². The van der Waals surface area contributed by atoms with Gasteiger partial charge in [-0.2, -0.15) is 0 Å². The summed E-state index contributed by atoms with van der Waals surface area (Å²) < 4.78 is 5.58. The molecule has 0 spiro atoms. The van der Waals surface area contributed by atoms with Crippen molar-refractivity contribution < 1.29 is 9.21 Å². The van der Waals surface area contributed by atoms with Crippen molar-refractivity contribution in [3.8, 4) is 0 Å². The van der Waals surface area contributed by atoms with E-state index in [1.807, 2.05) is 11.8 Å². The molecule has 1 N–H and O–H groups in total. The largest absolute Gasteiger partial charge is 0.407 e. The number of aromatic nitrogens is 2. The SMILES string of the molecule is CC(C)Sc1ccc(Cc2nnc(NC(=O)C3CCCCC3)o2)cc1. The molecule has 134 valence electrons. The van der Waals surface area contributed by atoms with E-state index < -0.39 is 0 Å². The topological polar surface area (TPSA) is 68.0 Å². The molecule has 1 aliphatic rings. The van der Waals surface area contributed by atoms with Crippen molar-refractivity contribution in [2.45, 2.75) is 62.5 Å². The van der Waals surface area contributed by atoms with Crippen molar-refractivity contribution in [3.05, 3.63) is 35.7 Å². The monoisotopic (exact) mass is 359 g/mol. The fourth-order valence-electron chi connectivity index (χ4n) is 3.08.